The first kappa shape index (κ1) is 17.6. The van der Waals surface area contributed by atoms with Gasteiger partial charge < -0.3 is 15.4 Å². The van der Waals surface area contributed by atoms with Crippen molar-refractivity contribution in [2.45, 2.75) is 39.3 Å². The summed E-state index contributed by atoms with van der Waals surface area (Å²) in [6.07, 6.45) is 0.906. The molecule has 1 aromatic carbocycles. The van der Waals surface area contributed by atoms with E-state index in [1.165, 1.54) is 17.1 Å². The van der Waals surface area contributed by atoms with Gasteiger partial charge in [0, 0.05) is 12.6 Å². The lowest BCUT2D eigenvalue weighted by molar-refractivity contribution is 0.0526. The van der Waals surface area contributed by atoms with Crippen LogP contribution in [0.1, 0.15) is 27.7 Å². The number of alkyl carbamates (subject to hydrolysis) is 1. The zero-order valence-electron chi connectivity index (χ0n) is 14.1. The number of amides is 1. The highest BCUT2D eigenvalue weighted by atomic mass is 19.1. The molecule has 0 bridgehead atoms. The molecule has 0 spiro atoms. The maximum Gasteiger partial charge on any atom is 0.407 e. The molecule has 1 aromatic heterocycles. The highest BCUT2D eigenvalue weighted by molar-refractivity contribution is 5.67. The Balaban J connectivity index is 1.95. The molecule has 1 unspecified atom stereocenters. The summed E-state index contributed by atoms with van der Waals surface area (Å²) in [6, 6.07) is 4.28. The Hall–Kier alpha value is -2.71. The van der Waals surface area contributed by atoms with Crippen molar-refractivity contribution < 1.29 is 13.9 Å². The van der Waals surface area contributed by atoms with Crippen molar-refractivity contribution in [3.8, 4) is 5.69 Å². The molecule has 130 valence electrons. The summed E-state index contributed by atoms with van der Waals surface area (Å²) >= 11 is 0. The number of aromatic nitrogens is 4. The second-order valence-corrected chi connectivity index (χ2v) is 6.35. The second-order valence-electron chi connectivity index (χ2n) is 6.35. The molecule has 1 amide bonds. The van der Waals surface area contributed by atoms with Crippen LogP contribution in [0.15, 0.2) is 24.5 Å². The van der Waals surface area contributed by atoms with E-state index >= 15 is 0 Å². The first-order valence-electron chi connectivity index (χ1n) is 7.51. The number of hydrogen-bond donors (Lipinski definition) is 2. The van der Waals surface area contributed by atoms with Crippen molar-refractivity contribution in [3.05, 3.63) is 30.3 Å². The van der Waals surface area contributed by atoms with E-state index in [1.54, 1.807) is 32.9 Å². The quantitative estimate of drug-likeness (QED) is 0.869. The molecule has 8 nitrogen and oxygen atoms in total. The minimum Gasteiger partial charge on any atom is -0.444 e. The average Bonchev–Trinajstić information content (AvgIpc) is 3.00. The molecule has 0 aliphatic rings. The van der Waals surface area contributed by atoms with Gasteiger partial charge in [0.1, 0.15) is 17.7 Å². The third-order valence-electron chi connectivity index (χ3n) is 2.92. The van der Waals surface area contributed by atoms with Crippen molar-refractivity contribution >= 4 is 11.8 Å². The van der Waals surface area contributed by atoms with Crippen LogP contribution in [0.5, 0.6) is 0 Å². The van der Waals surface area contributed by atoms with E-state index in [1.807, 2.05) is 6.92 Å². The summed E-state index contributed by atoms with van der Waals surface area (Å²) in [5.74, 6) is -0.407. The molecule has 9 heteroatoms. The molecule has 0 aliphatic carbocycles. The predicted octanol–water partition coefficient (Wildman–Crippen LogP) is 2.13. The number of rotatable bonds is 5. The van der Waals surface area contributed by atoms with Crippen LogP contribution in [-0.2, 0) is 4.74 Å². The van der Waals surface area contributed by atoms with Gasteiger partial charge in [-0.05, 0) is 56.3 Å². The molecular weight excluding hydrogens is 315 g/mol. The van der Waals surface area contributed by atoms with Crippen LogP contribution >= 0.6 is 0 Å². The largest absolute Gasteiger partial charge is 0.444 e. The number of carbonyl (C=O) groups is 1. The normalized spacial score (nSPS) is 12.5. The van der Waals surface area contributed by atoms with E-state index < -0.39 is 17.5 Å². The van der Waals surface area contributed by atoms with Crippen LogP contribution < -0.4 is 10.6 Å². The topological polar surface area (TPSA) is 94.0 Å². The maximum atomic E-state index is 14.0. The predicted molar refractivity (Wildman–Crippen MR) is 86.4 cm³/mol. The summed E-state index contributed by atoms with van der Waals surface area (Å²) in [6.45, 7) is 7.46. The minimum atomic E-state index is -0.562. The van der Waals surface area contributed by atoms with Gasteiger partial charge in [-0.1, -0.05) is 0 Å². The lowest BCUT2D eigenvalue weighted by Crippen LogP contribution is -2.38. The summed E-state index contributed by atoms with van der Waals surface area (Å²) in [5, 5.41) is 16.5. The standard InChI is InChI=1S/C15H21FN6O2/c1-10(8-17-14(23)24-15(2,3)4)19-13-7-11(5-6-12(13)16)22-9-18-20-21-22/h5-7,9-10,19H,8H2,1-4H3,(H,17,23). The number of nitrogens with zero attached hydrogens (tertiary/aromatic N) is 4. The molecule has 0 aliphatic heterocycles. The van der Waals surface area contributed by atoms with Crippen LogP contribution in [0, 0.1) is 5.82 Å². The molecular formula is C15H21FN6O2. The van der Waals surface area contributed by atoms with E-state index in [-0.39, 0.29) is 12.6 Å². The molecule has 1 heterocycles. The number of halogens is 1. The van der Waals surface area contributed by atoms with Gasteiger partial charge in [-0.3, -0.25) is 0 Å². The molecule has 0 fully saturated rings. The van der Waals surface area contributed by atoms with Gasteiger partial charge in [0.25, 0.3) is 0 Å². The zero-order chi connectivity index (χ0) is 17.7. The van der Waals surface area contributed by atoms with Gasteiger partial charge in [0.05, 0.1) is 11.4 Å². The molecule has 24 heavy (non-hydrogen) atoms. The summed E-state index contributed by atoms with van der Waals surface area (Å²) in [5.41, 5.74) is 0.352. The van der Waals surface area contributed by atoms with Gasteiger partial charge >= 0.3 is 6.09 Å². The van der Waals surface area contributed by atoms with Crippen molar-refractivity contribution in [1.82, 2.24) is 25.5 Å². The van der Waals surface area contributed by atoms with Crippen LogP contribution in [0.4, 0.5) is 14.9 Å². The maximum absolute atomic E-state index is 14.0. The molecule has 1 atom stereocenters. The smallest absolute Gasteiger partial charge is 0.407 e. The fraction of sp³-hybridized carbons (Fsp3) is 0.467. The van der Waals surface area contributed by atoms with Gasteiger partial charge in [0.2, 0.25) is 0 Å². The third-order valence-corrected chi connectivity index (χ3v) is 2.92. The SMILES string of the molecule is CC(CNC(=O)OC(C)(C)C)Nc1cc(-n2cnnn2)ccc1F. The Labute approximate surface area is 139 Å². The van der Waals surface area contributed by atoms with E-state index in [2.05, 4.69) is 26.2 Å². The fourth-order valence-corrected chi connectivity index (χ4v) is 1.91. The van der Waals surface area contributed by atoms with Crippen LogP contribution in [0.2, 0.25) is 0 Å². The lowest BCUT2D eigenvalue weighted by Gasteiger charge is -2.21. The molecule has 0 saturated heterocycles. The third kappa shape index (κ3) is 5.18. The number of anilines is 1. The number of carbonyl (C=O) groups excluding carboxylic acids is 1. The Morgan fingerprint density at radius 3 is 2.79 bits per heavy atom. The molecule has 2 N–H and O–H groups in total. The highest BCUT2D eigenvalue weighted by Crippen LogP contribution is 2.19. The van der Waals surface area contributed by atoms with Crippen molar-refractivity contribution in [2.24, 2.45) is 0 Å². The minimum absolute atomic E-state index is 0.212. The van der Waals surface area contributed by atoms with E-state index in [0.717, 1.165) is 0 Å². The number of nitrogens with one attached hydrogen (secondary N) is 2. The summed E-state index contributed by atoms with van der Waals surface area (Å²) in [7, 11) is 0. The van der Waals surface area contributed by atoms with Crippen LogP contribution in [0.25, 0.3) is 5.69 Å². The number of tetrazole rings is 1. The van der Waals surface area contributed by atoms with E-state index in [0.29, 0.717) is 11.4 Å². The molecule has 2 aromatic rings. The first-order valence-corrected chi connectivity index (χ1v) is 7.51. The van der Waals surface area contributed by atoms with Gasteiger partial charge in [0.15, 0.2) is 0 Å². The first-order chi connectivity index (χ1) is 11.2. The van der Waals surface area contributed by atoms with E-state index in [9.17, 15) is 9.18 Å². The summed E-state index contributed by atoms with van der Waals surface area (Å²) in [4.78, 5) is 11.6. The number of hydrogen-bond acceptors (Lipinski definition) is 6. The molecule has 0 saturated carbocycles. The van der Waals surface area contributed by atoms with Crippen LogP contribution in [0.3, 0.4) is 0 Å². The Bertz CT molecular complexity index is 684. The van der Waals surface area contributed by atoms with E-state index in [4.69, 9.17) is 4.74 Å². The Kier molecular flexibility index (Phi) is 5.32. The van der Waals surface area contributed by atoms with Crippen LogP contribution in [-0.4, -0.2) is 44.5 Å². The van der Waals surface area contributed by atoms with Gasteiger partial charge in [-0.15, -0.1) is 5.10 Å². The average molecular weight is 336 g/mol. The van der Waals surface area contributed by atoms with Crippen molar-refractivity contribution in [2.75, 3.05) is 11.9 Å². The fourth-order valence-electron chi connectivity index (χ4n) is 1.91. The van der Waals surface area contributed by atoms with Crippen molar-refractivity contribution in [1.29, 1.82) is 0 Å². The van der Waals surface area contributed by atoms with Gasteiger partial charge in [-0.2, -0.15) is 0 Å². The number of benzene rings is 1. The lowest BCUT2D eigenvalue weighted by atomic mass is 10.2. The second kappa shape index (κ2) is 7.24. The molecule has 0 radical (unpaired) electrons. The monoisotopic (exact) mass is 336 g/mol. The Morgan fingerprint density at radius 2 is 2.17 bits per heavy atom. The zero-order valence-corrected chi connectivity index (χ0v) is 14.1. The summed E-state index contributed by atoms with van der Waals surface area (Å²) < 4.78 is 20.5. The molecule has 2 rings (SSSR count). The highest BCUT2D eigenvalue weighted by Gasteiger charge is 2.16. The number of ether oxygens (including phenoxy) is 1. The van der Waals surface area contributed by atoms with Gasteiger partial charge in [-0.25, -0.2) is 13.9 Å². The van der Waals surface area contributed by atoms with Crippen molar-refractivity contribution in [3.63, 3.8) is 0 Å². The Morgan fingerprint density at radius 1 is 1.42 bits per heavy atom.